The Bertz CT molecular complexity index is 1720. The molecule has 204 valence electrons. The molecule has 0 saturated heterocycles. The topological polar surface area (TPSA) is 133 Å². The Morgan fingerprint density at radius 3 is 1.57 bits per heavy atom. The number of carbonyl (C=O) groups is 3. The highest BCUT2D eigenvalue weighted by Crippen LogP contribution is 2.42. The zero-order valence-electron chi connectivity index (χ0n) is 21.7. The molecule has 0 aliphatic heterocycles. The fourth-order valence-electron chi connectivity index (χ4n) is 4.41. The Morgan fingerprint density at radius 2 is 1.05 bits per heavy atom. The first-order valence-corrected chi connectivity index (χ1v) is 13.2. The van der Waals surface area contributed by atoms with Crippen LogP contribution in [0.3, 0.4) is 0 Å². The third-order valence-electron chi connectivity index (χ3n) is 6.23. The van der Waals surface area contributed by atoms with E-state index in [1.807, 2.05) is 0 Å². The van der Waals surface area contributed by atoms with Gasteiger partial charge in [-0.2, -0.15) is 8.42 Å². The highest BCUT2D eigenvalue weighted by molar-refractivity contribution is 7.86. The van der Waals surface area contributed by atoms with E-state index in [1.165, 1.54) is 69.9 Å². The Kier molecular flexibility index (Phi) is 8.13. The van der Waals surface area contributed by atoms with Gasteiger partial charge in [0.2, 0.25) is 0 Å². The van der Waals surface area contributed by atoms with E-state index in [0.29, 0.717) is 16.7 Å². The molecule has 0 unspecified atom stereocenters. The van der Waals surface area contributed by atoms with E-state index in [2.05, 4.69) is 0 Å². The van der Waals surface area contributed by atoms with Crippen molar-refractivity contribution in [2.24, 2.45) is 0 Å². The van der Waals surface area contributed by atoms with E-state index in [0.717, 1.165) is 0 Å². The minimum Gasteiger partial charge on any atom is -0.465 e. The van der Waals surface area contributed by atoms with E-state index in [9.17, 15) is 27.4 Å². The van der Waals surface area contributed by atoms with Gasteiger partial charge in [-0.3, -0.25) is 4.55 Å². The normalized spacial score (nSPS) is 11.0. The highest BCUT2D eigenvalue weighted by atomic mass is 32.2. The molecule has 0 saturated carbocycles. The van der Waals surface area contributed by atoms with Gasteiger partial charge in [-0.15, -0.1) is 0 Å². The molecule has 10 heteroatoms. The molecule has 0 atom stereocenters. The molecule has 0 fully saturated rings. The smallest absolute Gasteiger partial charge is 0.338 e. The lowest BCUT2D eigenvalue weighted by atomic mass is 9.89. The standard InChI is InChI=1S/C30H24O9S/c1-37-28(31)19-14-12-18(13-15-19)25-16-20(21-8-4-6-10-23(21)29(32)38-2)17-26(27(25)40(34,35)36)22-9-5-7-11-24(22)30(33)39-3/h4-17H,1-3H3,(H,34,35,36). The van der Waals surface area contributed by atoms with Gasteiger partial charge >= 0.3 is 17.9 Å². The van der Waals surface area contributed by atoms with Crippen molar-refractivity contribution in [1.29, 1.82) is 0 Å². The summed E-state index contributed by atoms with van der Waals surface area (Å²) in [6.07, 6.45) is 0. The average molecular weight is 561 g/mol. The van der Waals surface area contributed by atoms with Gasteiger partial charge in [0.05, 0.1) is 38.0 Å². The monoisotopic (exact) mass is 560 g/mol. The minimum absolute atomic E-state index is 0.00675. The molecule has 0 amide bonds. The molecule has 0 radical (unpaired) electrons. The number of hydrogen-bond acceptors (Lipinski definition) is 8. The van der Waals surface area contributed by atoms with Crippen LogP contribution < -0.4 is 0 Å². The van der Waals surface area contributed by atoms with Crippen LogP contribution in [0.25, 0.3) is 33.4 Å². The van der Waals surface area contributed by atoms with Crippen LogP contribution in [0, 0.1) is 0 Å². The second kappa shape index (κ2) is 11.5. The number of methoxy groups -OCH3 is 3. The third kappa shape index (κ3) is 5.49. The number of esters is 3. The average Bonchev–Trinajstić information content (AvgIpc) is 2.98. The largest absolute Gasteiger partial charge is 0.465 e. The minimum atomic E-state index is -4.91. The van der Waals surface area contributed by atoms with Crippen LogP contribution >= 0.6 is 0 Å². The van der Waals surface area contributed by atoms with Gasteiger partial charge in [0.1, 0.15) is 4.90 Å². The number of ether oxygens (including phenoxy) is 3. The van der Waals surface area contributed by atoms with Gasteiger partial charge < -0.3 is 14.2 Å². The summed E-state index contributed by atoms with van der Waals surface area (Å²) in [5.41, 5.74) is 1.86. The molecule has 40 heavy (non-hydrogen) atoms. The van der Waals surface area contributed by atoms with Crippen LogP contribution in [0.5, 0.6) is 0 Å². The first-order valence-electron chi connectivity index (χ1n) is 11.8. The lowest BCUT2D eigenvalue weighted by Gasteiger charge is -2.19. The van der Waals surface area contributed by atoms with E-state index < -0.39 is 32.9 Å². The van der Waals surface area contributed by atoms with Gasteiger partial charge in [0.15, 0.2) is 0 Å². The van der Waals surface area contributed by atoms with E-state index in [4.69, 9.17) is 14.2 Å². The van der Waals surface area contributed by atoms with E-state index in [1.54, 1.807) is 36.4 Å². The zero-order chi connectivity index (χ0) is 29.0. The summed E-state index contributed by atoms with van der Waals surface area (Å²) in [6, 6.07) is 21.6. The first-order chi connectivity index (χ1) is 19.1. The molecule has 4 rings (SSSR count). The van der Waals surface area contributed by atoms with Crippen LogP contribution in [-0.4, -0.2) is 52.2 Å². The first kappa shape index (κ1) is 28.2. The van der Waals surface area contributed by atoms with Crippen LogP contribution in [0.15, 0.2) is 89.8 Å². The van der Waals surface area contributed by atoms with Crippen molar-refractivity contribution in [3.63, 3.8) is 0 Å². The Labute approximate surface area is 230 Å². The van der Waals surface area contributed by atoms with Gasteiger partial charge in [-0.25, -0.2) is 14.4 Å². The number of rotatable bonds is 7. The molecule has 0 aliphatic rings. The van der Waals surface area contributed by atoms with Crippen molar-refractivity contribution in [3.05, 3.63) is 102 Å². The summed E-state index contributed by atoms with van der Waals surface area (Å²) in [5, 5.41) is 0. The van der Waals surface area contributed by atoms with Crippen LogP contribution in [0.2, 0.25) is 0 Å². The molecular formula is C30H24O9S. The van der Waals surface area contributed by atoms with E-state index >= 15 is 0 Å². The van der Waals surface area contributed by atoms with Crippen molar-refractivity contribution in [2.45, 2.75) is 4.90 Å². The van der Waals surface area contributed by atoms with Crippen LogP contribution in [0.1, 0.15) is 31.1 Å². The maximum atomic E-state index is 13.0. The van der Waals surface area contributed by atoms with Gasteiger partial charge in [-0.1, -0.05) is 48.5 Å². The summed E-state index contributed by atoms with van der Waals surface area (Å²) in [6.45, 7) is 0. The third-order valence-corrected chi connectivity index (χ3v) is 7.19. The van der Waals surface area contributed by atoms with Gasteiger partial charge in [0, 0.05) is 11.1 Å². The highest BCUT2D eigenvalue weighted by Gasteiger charge is 2.27. The van der Waals surface area contributed by atoms with Crippen molar-refractivity contribution in [1.82, 2.24) is 0 Å². The van der Waals surface area contributed by atoms with Crippen molar-refractivity contribution < 1.29 is 41.6 Å². The molecule has 0 bridgehead atoms. The second-order valence-electron chi connectivity index (χ2n) is 8.52. The predicted octanol–water partition coefficient (Wildman–Crippen LogP) is 5.29. The molecular weight excluding hydrogens is 536 g/mol. The summed E-state index contributed by atoms with van der Waals surface area (Å²) in [5.74, 6) is -1.92. The summed E-state index contributed by atoms with van der Waals surface area (Å²) in [4.78, 5) is 36.7. The maximum Gasteiger partial charge on any atom is 0.338 e. The van der Waals surface area contributed by atoms with Crippen LogP contribution in [0.4, 0.5) is 0 Å². The van der Waals surface area contributed by atoms with Gasteiger partial charge in [-0.05, 0) is 58.7 Å². The molecule has 9 nitrogen and oxygen atoms in total. The maximum absolute atomic E-state index is 13.0. The summed E-state index contributed by atoms with van der Waals surface area (Å²) < 4.78 is 51.0. The Morgan fingerprint density at radius 1 is 0.575 bits per heavy atom. The van der Waals surface area contributed by atoms with Gasteiger partial charge in [0.25, 0.3) is 10.1 Å². The number of carbonyl (C=O) groups excluding carboxylic acids is 3. The Hall–Kier alpha value is -4.80. The van der Waals surface area contributed by atoms with Crippen molar-refractivity contribution in [3.8, 4) is 33.4 Å². The SMILES string of the molecule is COC(=O)c1ccc(-c2cc(-c3ccccc3C(=O)OC)cc(-c3ccccc3C(=O)OC)c2S(=O)(=O)O)cc1. The number of benzene rings is 4. The summed E-state index contributed by atoms with van der Waals surface area (Å²) >= 11 is 0. The Balaban J connectivity index is 2.15. The zero-order valence-corrected chi connectivity index (χ0v) is 22.5. The lowest BCUT2D eigenvalue weighted by molar-refractivity contribution is 0.0592. The fourth-order valence-corrected chi connectivity index (χ4v) is 5.31. The van der Waals surface area contributed by atoms with Crippen molar-refractivity contribution >= 4 is 28.0 Å². The fraction of sp³-hybridized carbons (Fsp3) is 0.100. The van der Waals surface area contributed by atoms with Crippen molar-refractivity contribution in [2.75, 3.05) is 21.3 Å². The number of hydrogen-bond donors (Lipinski definition) is 1. The molecule has 4 aromatic carbocycles. The second-order valence-corrected chi connectivity index (χ2v) is 9.88. The molecule has 0 aromatic heterocycles. The molecule has 0 spiro atoms. The molecule has 4 aromatic rings. The quantitative estimate of drug-likeness (QED) is 0.182. The molecule has 1 N–H and O–H groups in total. The van der Waals surface area contributed by atoms with Crippen LogP contribution in [-0.2, 0) is 24.3 Å². The predicted molar refractivity (Wildman–Crippen MR) is 147 cm³/mol. The summed E-state index contributed by atoms with van der Waals surface area (Å²) in [7, 11) is -1.23. The van der Waals surface area contributed by atoms with E-state index in [-0.39, 0.29) is 33.4 Å². The molecule has 0 heterocycles. The lowest BCUT2D eigenvalue weighted by Crippen LogP contribution is -2.09. The molecule has 0 aliphatic carbocycles.